The summed E-state index contributed by atoms with van der Waals surface area (Å²) in [6, 6.07) is 0. The van der Waals surface area contributed by atoms with E-state index in [0.29, 0.717) is 19.1 Å². The molecule has 0 spiro atoms. The van der Waals surface area contributed by atoms with E-state index in [9.17, 15) is 9.59 Å². The summed E-state index contributed by atoms with van der Waals surface area (Å²) >= 11 is 0. The van der Waals surface area contributed by atoms with Crippen molar-refractivity contribution in [3.8, 4) is 0 Å². The maximum absolute atomic E-state index is 10.4. The van der Waals surface area contributed by atoms with Gasteiger partial charge in [-0.2, -0.15) is 0 Å². The van der Waals surface area contributed by atoms with E-state index in [4.69, 9.17) is 4.74 Å². The van der Waals surface area contributed by atoms with Gasteiger partial charge in [0.15, 0.2) is 0 Å². The van der Waals surface area contributed by atoms with Crippen LogP contribution in [0.2, 0.25) is 0 Å². The quantitative estimate of drug-likeness (QED) is 0.683. The van der Waals surface area contributed by atoms with Crippen molar-refractivity contribution >= 4 is 11.9 Å². The van der Waals surface area contributed by atoms with Crippen molar-refractivity contribution in [2.45, 2.75) is 47.5 Å². The highest BCUT2D eigenvalue weighted by Crippen LogP contribution is 2.06. The predicted molar refractivity (Wildman–Crippen MR) is 63.0 cm³/mol. The molecule has 0 aromatic carbocycles. The molecule has 0 rings (SSSR count). The van der Waals surface area contributed by atoms with Crippen LogP contribution in [-0.2, 0) is 19.1 Å². The Balaban J connectivity index is 0. The van der Waals surface area contributed by atoms with E-state index in [1.807, 2.05) is 0 Å². The standard InChI is InChI=1S/C8H16O2.C4H8O2/c1-4-8(5-2)6-10-7(3)9;1-3-6-4(2)5/h8H,4-6H2,1-3H3;3H2,1-2H3. The van der Waals surface area contributed by atoms with Crippen molar-refractivity contribution in [1.82, 2.24) is 0 Å². The minimum absolute atomic E-state index is 0.174. The monoisotopic (exact) mass is 232 g/mol. The number of rotatable bonds is 5. The third kappa shape index (κ3) is 15.4. The number of carbonyl (C=O) groups excluding carboxylic acids is 2. The third-order valence-corrected chi connectivity index (χ3v) is 2.02. The predicted octanol–water partition coefficient (Wildman–Crippen LogP) is 2.56. The fraction of sp³-hybridized carbons (Fsp3) is 0.833. The van der Waals surface area contributed by atoms with Crippen molar-refractivity contribution < 1.29 is 19.1 Å². The van der Waals surface area contributed by atoms with Gasteiger partial charge in [-0.1, -0.05) is 26.7 Å². The maximum atomic E-state index is 10.4. The van der Waals surface area contributed by atoms with Crippen LogP contribution in [0.25, 0.3) is 0 Å². The van der Waals surface area contributed by atoms with Gasteiger partial charge in [0.25, 0.3) is 0 Å². The SMILES string of the molecule is CCC(CC)COC(C)=O.CCOC(C)=O. The highest BCUT2D eigenvalue weighted by Gasteiger charge is 2.03. The lowest BCUT2D eigenvalue weighted by Gasteiger charge is -2.10. The molecule has 0 atom stereocenters. The average Bonchev–Trinajstić information content (AvgIpc) is 2.19. The Morgan fingerprint density at radius 1 is 0.938 bits per heavy atom. The summed E-state index contributed by atoms with van der Waals surface area (Å²) < 4.78 is 9.25. The van der Waals surface area contributed by atoms with Crippen LogP contribution in [0.15, 0.2) is 0 Å². The lowest BCUT2D eigenvalue weighted by Crippen LogP contribution is -2.10. The zero-order valence-corrected chi connectivity index (χ0v) is 11.0. The van der Waals surface area contributed by atoms with Gasteiger partial charge < -0.3 is 9.47 Å². The fourth-order valence-corrected chi connectivity index (χ4v) is 0.963. The Bertz CT molecular complexity index is 185. The zero-order chi connectivity index (χ0) is 13.0. The van der Waals surface area contributed by atoms with Crippen molar-refractivity contribution in [2.75, 3.05) is 13.2 Å². The van der Waals surface area contributed by atoms with Gasteiger partial charge in [-0.05, 0) is 12.8 Å². The van der Waals surface area contributed by atoms with Crippen LogP contribution in [0.3, 0.4) is 0 Å². The molecule has 0 bridgehead atoms. The molecule has 0 aliphatic rings. The highest BCUT2D eigenvalue weighted by atomic mass is 16.5. The Hall–Kier alpha value is -1.06. The lowest BCUT2D eigenvalue weighted by atomic mass is 10.1. The second-order valence-electron chi connectivity index (χ2n) is 3.41. The van der Waals surface area contributed by atoms with E-state index in [1.54, 1.807) is 6.92 Å². The van der Waals surface area contributed by atoms with Crippen molar-refractivity contribution in [1.29, 1.82) is 0 Å². The van der Waals surface area contributed by atoms with Crippen LogP contribution in [0.4, 0.5) is 0 Å². The molecule has 16 heavy (non-hydrogen) atoms. The summed E-state index contributed by atoms with van der Waals surface area (Å²) in [6.45, 7) is 9.90. The number of ether oxygens (including phenoxy) is 2. The average molecular weight is 232 g/mol. The molecule has 0 radical (unpaired) electrons. The van der Waals surface area contributed by atoms with E-state index >= 15 is 0 Å². The number of carbonyl (C=O) groups is 2. The molecule has 0 aliphatic carbocycles. The molecule has 0 heterocycles. The van der Waals surface area contributed by atoms with Crippen molar-refractivity contribution in [3.05, 3.63) is 0 Å². The lowest BCUT2D eigenvalue weighted by molar-refractivity contribution is -0.142. The topological polar surface area (TPSA) is 52.6 Å². The molecule has 0 N–H and O–H groups in total. The fourth-order valence-electron chi connectivity index (χ4n) is 0.963. The smallest absolute Gasteiger partial charge is 0.302 e. The van der Waals surface area contributed by atoms with Crippen molar-refractivity contribution in [2.24, 2.45) is 5.92 Å². The van der Waals surface area contributed by atoms with Crippen LogP contribution in [0.1, 0.15) is 47.5 Å². The minimum atomic E-state index is -0.211. The first kappa shape index (κ1) is 17.3. The van der Waals surface area contributed by atoms with E-state index < -0.39 is 0 Å². The summed E-state index contributed by atoms with van der Waals surface area (Å²) in [6.07, 6.45) is 2.17. The molecule has 0 saturated carbocycles. The second kappa shape index (κ2) is 12.0. The van der Waals surface area contributed by atoms with E-state index in [1.165, 1.54) is 13.8 Å². The van der Waals surface area contributed by atoms with E-state index in [0.717, 1.165) is 12.8 Å². The van der Waals surface area contributed by atoms with Crippen molar-refractivity contribution in [3.63, 3.8) is 0 Å². The molecule has 96 valence electrons. The Kier molecular flexibility index (Phi) is 13.0. The molecule has 0 saturated heterocycles. The molecule has 0 aromatic heterocycles. The zero-order valence-electron chi connectivity index (χ0n) is 11.0. The van der Waals surface area contributed by atoms with Gasteiger partial charge in [0, 0.05) is 13.8 Å². The summed E-state index contributed by atoms with van der Waals surface area (Å²) in [7, 11) is 0. The largest absolute Gasteiger partial charge is 0.466 e. The van der Waals surface area contributed by atoms with Crippen LogP contribution >= 0.6 is 0 Å². The summed E-state index contributed by atoms with van der Waals surface area (Å²) in [5, 5.41) is 0. The molecular weight excluding hydrogens is 208 g/mol. The Morgan fingerprint density at radius 2 is 1.38 bits per heavy atom. The van der Waals surface area contributed by atoms with Gasteiger partial charge in [0.1, 0.15) is 0 Å². The first-order chi connectivity index (χ1) is 7.47. The number of hydrogen-bond acceptors (Lipinski definition) is 4. The maximum Gasteiger partial charge on any atom is 0.302 e. The van der Waals surface area contributed by atoms with Crippen LogP contribution < -0.4 is 0 Å². The summed E-state index contributed by atoms with van der Waals surface area (Å²) in [5.74, 6) is 0.160. The molecule has 0 aliphatic heterocycles. The third-order valence-electron chi connectivity index (χ3n) is 2.02. The normalized spacial score (nSPS) is 9.12. The highest BCUT2D eigenvalue weighted by molar-refractivity contribution is 5.66. The minimum Gasteiger partial charge on any atom is -0.466 e. The van der Waals surface area contributed by atoms with E-state index in [2.05, 4.69) is 18.6 Å². The van der Waals surface area contributed by atoms with Gasteiger partial charge in [-0.3, -0.25) is 9.59 Å². The first-order valence-corrected chi connectivity index (χ1v) is 5.74. The molecule has 0 aromatic rings. The van der Waals surface area contributed by atoms with Crippen LogP contribution in [0, 0.1) is 5.92 Å². The van der Waals surface area contributed by atoms with Crippen LogP contribution in [0.5, 0.6) is 0 Å². The summed E-state index contributed by atoms with van der Waals surface area (Å²) in [4.78, 5) is 20.2. The summed E-state index contributed by atoms with van der Waals surface area (Å²) in [5.41, 5.74) is 0. The molecule has 4 nitrogen and oxygen atoms in total. The molecule has 0 amide bonds. The van der Waals surface area contributed by atoms with Gasteiger partial charge in [-0.15, -0.1) is 0 Å². The Morgan fingerprint density at radius 3 is 1.56 bits per heavy atom. The van der Waals surface area contributed by atoms with Gasteiger partial charge in [0.05, 0.1) is 13.2 Å². The van der Waals surface area contributed by atoms with Crippen LogP contribution in [-0.4, -0.2) is 25.2 Å². The molecule has 0 fully saturated rings. The van der Waals surface area contributed by atoms with Gasteiger partial charge >= 0.3 is 11.9 Å². The molecule has 4 heteroatoms. The number of hydrogen-bond donors (Lipinski definition) is 0. The van der Waals surface area contributed by atoms with Gasteiger partial charge in [-0.25, -0.2) is 0 Å². The Labute approximate surface area is 98.3 Å². The molecular formula is C12H24O4. The first-order valence-electron chi connectivity index (χ1n) is 5.74. The van der Waals surface area contributed by atoms with E-state index in [-0.39, 0.29) is 11.9 Å². The number of esters is 2. The second-order valence-corrected chi connectivity index (χ2v) is 3.41. The van der Waals surface area contributed by atoms with Gasteiger partial charge in [0.2, 0.25) is 0 Å². The molecule has 0 unspecified atom stereocenters.